The van der Waals surface area contributed by atoms with Crippen LogP contribution in [0.25, 0.3) is 0 Å². The molecule has 1 saturated heterocycles. The van der Waals surface area contributed by atoms with Gasteiger partial charge in [-0.15, -0.1) is 0 Å². The zero-order valence-corrected chi connectivity index (χ0v) is 7.46. The highest BCUT2D eigenvalue weighted by atomic mass is 16.2. The van der Waals surface area contributed by atoms with Gasteiger partial charge in [0.05, 0.1) is 0 Å². The Kier molecular flexibility index (Phi) is 1.99. The normalized spacial score (nSPS) is 17.5. The molecule has 0 aromatic heterocycles. The van der Waals surface area contributed by atoms with Gasteiger partial charge in [-0.1, -0.05) is 0 Å². The first-order chi connectivity index (χ1) is 5.85. The second kappa shape index (κ2) is 2.72. The third kappa shape index (κ3) is 1.47. The molecule has 1 aliphatic heterocycles. The van der Waals surface area contributed by atoms with E-state index in [1.807, 2.05) is 0 Å². The summed E-state index contributed by atoms with van der Waals surface area (Å²) in [4.78, 5) is 34.0. The summed E-state index contributed by atoms with van der Waals surface area (Å²) in [5.41, 5.74) is 3.96. The zero-order chi connectivity index (χ0) is 10.2. The molecule has 1 fully saturated rings. The molecule has 1 heterocycles. The Morgan fingerprint density at radius 3 is 2.38 bits per heavy atom. The number of urea groups is 1. The molecule has 13 heavy (non-hydrogen) atoms. The molecule has 0 atom stereocenters. The largest absolute Gasteiger partial charge is 0.368 e. The summed E-state index contributed by atoms with van der Waals surface area (Å²) >= 11 is 0. The fourth-order valence-corrected chi connectivity index (χ4v) is 1.03. The van der Waals surface area contributed by atoms with E-state index in [-0.39, 0.29) is 6.54 Å². The molecule has 1 rings (SSSR count). The Hall–Kier alpha value is -1.59. The minimum absolute atomic E-state index is 0.116. The molecule has 0 saturated carbocycles. The minimum atomic E-state index is -1.13. The van der Waals surface area contributed by atoms with E-state index < -0.39 is 23.4 Å². The van der Waals surface area contributed by atoms with Crippen molar-refractivity contribution in [3.8, 4) is 0 Å². The number of nitrogens with one attached hydrogen (secondary N) is 1. The van der Waals surface area contributed by atoms with E-state index in [0.717, 1.165) is 4.90 Å². The lowest BCUT2D eigenvalue weighted by Crippen LogP contribution is -2.54. The highest BCUT2D eigenvalue weighted by molar-refractivity contribution is 6.04. The van der Waals surface area contributed by atoms with E-state index in [2.05, 4.69) is 5.32 Å². The molecule has 0 aromatic carbocycles. The zero-order valence-electron chi connectivity index (χ0n) is 7.46. The first-order valence-electron chi connectivity index (χ1n) is 3.77. The molecule has 4 amide bonds. The van der Waals surface area contributed by atoms with Gasteiger partial charge < -0.3 is 10.6 Å². The monoisotopic (exact) mass is 185 g/mol. The maximum atomic E-state index is 11.1. The highest BCUT2D eigenvalue weighted by Gasteiger charge is 2.41. The van der Waals surface area contributed by atoms with Gasteiger partial charge >= 0.3 is 6.03 Å². The molecule has 6 heteroatoms. The summed E-state index contributed by atoms with van der Waals surface area (Å²) in [7, 11) is 0. The van der Waals surface area contributed by atoms with Crippen LogP contribution in [0.4, 0.5) is 4.79 Å². The van der Waals surface area contributed by atoms with Crippen LogP contribution in [-0.2, 0) is 9.59 Å². The third-order valence-corrected chi connectivity index (χ3v) is 2.07. The number of hydrogen-bond donors (Lipinski definition) is 2. The van der Waals surface area contributed by atoms with E-state index in [0.29, 0.717) is 0 Å². The predicted molar refractivity (Wildman–Crippen MR) is 43.5 cm³/mol. The Bertz CT molecular complexity index is 285. The van der Waals surface area contributed by atoms with Crippen molar-refractivity contribution < 1.29 is 14.4 Å². The molecule has 0 aromatic rings. The van der Waals surface area contributed by atoms with Crippen LogP contribution in [0.2, 0.25) is 0 Å². The first-order valence-corrected chi connectivity index (χ1v) is 3.77. The standard InChI is InChI=1S/C7H11N3O3/c1-7(2,5(8)12)10-3-4(11)9-6(10)13/h3H2,1-2H3,(H2,8,12)(H,9,11,13). The number of carbonyl (C=O) groups is 3. The van der Waals surface area contributed by atoms with Crippen LogP contribution in [0.15, 0.2) is 0 Å². The molecule has 0 bridgehead atoms. The van der Waals surface area contributed by atoms with Crippen molar-refractivity contribution >= 4 is 17.8 Å². The Morgan fingerprint density at radius 2 is 2.08 bits per heavy atom. The SMILES string of the molecule is CC(C)(C(N)=O)N1CC(=O)NC1=O. The molecule has 0 unspecified atom stereocenters. The number of rotatable bonds is 2. The van der Waals surface area contributed by atoms with Crippen LogP contribution < -0.4 is 11.1 Å². The van der Waals surface area contributed by atoms with Gasteiger partial charge in [-0.25, -0.2) is 4.79 Å². The quantitative estimate of drug-likeness (QED) is 0.529. The fourth-order valence-electron chi connectivity index (χ4n) is 1.03. The van der Waals surface area contributed by atoms with Crippen LogP contribution in [0.3, 0.4) is 0 Å². The van der Waals surface area contributed by atoms with E-state index in [9.17, 15) is 14.4 Å². The maximum Gasteiger partial charge on any atom is 0.325 e. The molecule has 72 valence electrons. The number of hydrogen-bond acceptors (Lipinski definition) is 3. The first kappa shape index (κ1) is 9.50. The number of carbonyl (C=O) groups excluding carboxylic acids is 3. The summed E-state index contributed by atoms with van der Waals surface area (Å²) in [6, 6.07) is -0.575. The molecule has 0 aliphatic carbocycles. The van der Waals surface area contributed by atoms with Crippen LogP contribution >= 0.6 is 0 Å². The van der Waals surface area contributed by atoms with Crippen molar-refractivity contribution in [1.29, 1.82) is 0 Å². The fraction of sp³-hybridized carbons (Fsp3) is 0.571. The number of nitrogens with two attached hydrogens (primary N) is 1. The Labute approximate surface area is 75.1 Å². The van der Waals surface area contributed by atoms with Gasteiger partial charge in [-0.3, -0.25) is 14.9 Å². The van der Waals surface area contributed by atoms with Crippen LogP contribution in [0.5, 0.6) is 0 Å². The van der Waals surface area contributed by atoms with Crippen molar-refractivity contribution in [2.24, 2.45) is 5.73 Å². The van der Waals surface area contributed by atoms with Crippen molar-refractivity contribution in [2.45, 2.75) is 19.4 Å². The summed E-state index contributed by atoms with van der Waals surface area (Å²) in [6.07, 6.45) is 0. The van der Waals surface area contributed by atoms with Crippen molar-refractivity contribution in [3.63, 3.8) is 0 Å². The molecule has 6 nitrogen and oxygen atoms in total. The molecular formula is C7H11N3O3. The Balaban J connectivity index is 2.89. The average molecular weight is 185 g/mol. The summed E-state index contributed by atoms with van der Waals surface area (Å²) < 4.78 is 0. The maximum absolute atomic E-state index is 11.1. The van der Waals surface area contributed by atoms with Gasteiger partial charge in [0.1, 0.15) is 12.1 Å². The number of nitrogens with zero attached hydrogens (tertiary/aromatic N) is 1. The van der Waals surface area contributed by atoms with Crippen molar-refractivity contribution in [3.05, 3.63) is 0 Å². The topological polar surface area (TPSA) is 92.5 Å². The van der Waals surface area contributed by atoms with Gasteiger partial charge in [0, 0.05) is 0 Å². The average Bonchev–Trinajstić information content (AvgIpc) is 2.30. The molecular weight excluding hydrogens is 174 g/mol. The lowest BCUT2D eigenvalue weighted by molar-refractivity contribution is -0.127. The van der Waals surface area contributed by atoms with Crippen molar-refractivity contribution in [1.82, 2.24) is 10.2 Å². The second-order valence-corrected chi connectivity index (χ2v) is 3.36. The van der Waals surface area contributed by atoms with E-state index in [4.69, 9.17) is 5.73 Å². The second-order valence-electron chi connectivity index (χ2n) is 3.36. The summed E-state index contributed by atoms with van der Waals surface area (Å²) in [5, 5.41) is 2.07. The lowest BCUT2D eigenvalue weighted by Gasteiger charge is -2.30. The van der Waals surface area contributed by atoms with Crippen LogP contribution in [0, 0.1) is 0 Å². The van der Waals surface area contributed by atoms with Crippen molar-refractivity contribution in [2.75, 3.05) is 6.54 Å². The predicted octanol–water partition coefficient (Wildman–Crippen LogP) is -1.20. The number of amides is 4. The van der Waals surface area contributed by atoms with Gasteiger partial charge in [-0.05, 0) is 13.8 Å². The summed E-state index contributed by atoms with van der Waals surface area (Å²) in [6.45, 7) is 2.87. The summed E-state index contributed by atoms with van der Waals surface area (Å²) in [5.74, 6) is -1.06. The molecule has 0 radical (unpaired) electrons. The van der Waals surface area contributed by atoms with Gasteiger partial charge in [0.25, 0.3) is 0 Å². The lowest BCUT2D eigenvalue weighted by atomic mass is 10.0. The number of primary amides is 1. The highest BCUT2D eigenvalue weighted by Crippen LogP contribution is 2.16. The minimum Gasteiger partial charge on any atom is -0.368 e. The third-order valence-electron chi connectivity index (χ3n) is 2.07. The smallest absolute Gasteiger partial charge is 0.325 e. The van der Waals surface area contributed by atoms with Crippen LogP contribution in [-0.4, -0.2) is 34.8 Å². The van der Waals surface area contributed by atoms with E-state index >= 15 is 0 Å². The van der Waals surface area contributed by atoms with Gasteiger partial charge in [0.2, 0.25) is 11.8 Å². The molecule has 3 N–H and O–H groups in total. The molecule has 1 aliphatic rings. The number of imide groups is 1. The van der Waals surface area contributed by atoms with Gasteiger partial charge in [0.15, 0.2) is 0 Å². The molecule has 0 spiro atoms. The van der Waals surface area contributed by atoms with Gasteiger partial charge in [-0.2, -0.15) is 0 Å². The Morgan fingerprint density at radius 1 is 1.54 bits per heavy atom. The van der Waals surface area contributed by atoms with Crippen LogP contribution in [0.1, 0.15) is 13.8 Å². The van der Waals surface area contributed by atoms with E-state index in [1.165, 1.54) is 13.8 Å². The van der Waals surface area contributed by atoms with E-state index in [1.54, 1.807) is 0 Å².